The van der Waals surface area contributed by atoms with Gasteiger partial charge in [0.25, 0.3) is 0 Å². The Morgan fingerprint density at radius 3 is 1.56 bits per heavy atom. The molecule has 0 aromatic carbocycles. The van der Waals surface area contributed by atoms with Crippen molar-refractivity contribution in [2.45, 2.75) is 6.92 Å². The van der Waals surface area contributed by atoms with Gasteiger partial charge in [0.2, 0.25) is 0 Å². The minimum Gasteiger partial charge on any atom is -0.147 e. The van der Waals surface area contributed by atoms with Crippen LogP contribution in [0, 0.1) is 0 Å². The summed E-state index contributed by atoms with van der Waals surface area (Å²) in [6.07, 6.45) is 6.08. The summed E-state index contributed by atoms with van der Waals surface area (Å²) in [5, 5.41) is 0. The quantitative estimate of drug-likeness (QED) is 0.641. The van der Waals surface area contributed by atoms with Gasteiger partial charge in [-0.25, -0.2) is 0 Å². The van der Waals surface area contributed by atoms with Gasteiger partial charge in [0.1, 0.15) is 0 Å². The molecule has 0 aliphatic rings. The maximum atomic E-state index is 2.09. The second-order valence-electron chi connectivity index (χ2n) is 0.885. The van der Waals surface area contributed by atoms with Crippen molar-refractivity contribution in [2.24, 2.45) is 0 Å². The first kappa shape index (κ1) is 22.5. The van der Waals surface area contributed by atoms with Crippen LogP contribution in [-0.4, -0.2) is 0 Å². The minimum atomic E-state index is 0. The van der Waals surface area contributed by atoms with Crippen molar-refractivity contribution >= 4 is 37.2 Å². The molecule has 0 unspecified atom stereocenters. The van der Waals surface area contributed by atoms with Crippen LogP contribution in [0.1, 0.15) is 6.92 Å². The van der Waals surface area contributed by atoms with E-state index in [1.807, 2.05) is 25.2 Å². The SMILES string of the molecule is CC=CC=[CH][Zr].Cl.Cl.Cl. The fourth-order valence-corrected chi connectivity index (χ4v) is 0.440. The molecule has 0 aromatic heterocycles. The van der Waals surface area contributed by atoms with Crippen molar-refractivity contribution in [1.29, 1.82) is 0 Å². The molecular weight excluding hydrogens is 258 g/mol. The van der Waals surface area contributed by atoms with E-state index < -0.39 is 0 Å². The Bertz CT molecular complexity index is 60.6. The van der Waals surface area contributed by atoms with E-state index in [0.29, 0.717) is 0 Å². The minimum absolute atomic E-state index is 0. The monoisotopic (exact) mass is 265 g/mol. The third-order valence-corrected chi connectivity index (χ3v) is 0.873. The molecule has 0 rings (SSSR count). The summed E-state index contributed by atoms with van der Waals surface area (Å²) in [4.78, 5) is 0. The topological polar surface area (TPSA) is 0 Å². The van der Waals surface area contributed by atoms with E-state index in [-0.39, 0.29) is 37.2 Å². The molecule has 0 radical (unpaired) electrons. The van der Waals surface area contributed by atoms with Gasteiger partial charge in [0, 0.05) is 0 Å². The van der Waals surface area contributed by atoms with Crippen molar-refractivity contribution in [3.63, 3.8) is 0 Å². The van der Waals surface area contributed by atoms with Crippen LogP contribution < -0.4 is 0 Å². The first-order valence-electron chi connectivity index (χ1n) is 1.87. The van der Waals surface area contributed by atoms with Crippen LogP contribution in [0.4, 0.5) is 0 Å². The molecule has 0 aromatic rings. The molecule has 0 saturated carbocycles. The van der Waals surface area contributed by atoms with E-state index in [2.05, 4.69) is 3.78 Å². The molecule has 0 saturated heterocycles. The van der Waals surface area contributed by atoms with E-state index in [9.17, 15) is 0 Å². The van der Waals surface area contributed by atoms with Crippen LogP contribution in [0.2, 0.25) is 0 Å². The fraction of sp³-hybridized carbons (Fsp3) is 0.200. The van der Waals surface area contributed by atoms with Crippen LogP contribution in [0.5, 0.6) is 0 Å². The standard InChI is InChI=1S/C5H7.3ClH.Zr/c1-3-5-4-2;;;;/h1,3-5H,2H3;3*1H;. The predicted molar refractivity (Wildman–Crippen MR) is 45.7 cm³/mol. The van der Waals surface area contributed by atoms with Crippen molar-refractivity contribution in [3.8, 4) is 0 Å². The molecule has 0 heterocycles. The maximum Gasteiger partial charge on any atom is -0.147 e. The molecule has 9 heavy (non-hydrogen) atoms. The molecule has 0 atom stereocenters. The largest absolute Gasteiger partial charge is 0.147 e. The number of hydrogen-bond acceptors (Lipinski definition) is 0. The van der Waals surface area contributed by atoms with Crippen molar-refractivity contribution in [1.82, 2.24) is 0 Å². The molecule has 0 bridgehead atoms. The van der Waals surface area contributed by atoms with E-state index in [4.69, 9.17) is 0 Å². The number of halogens is 3. The Labute approximate surface area is 90.2 Å². The van der Waals surface area contributed by atoms with Gasteiger partial charge in [-0.05, 0) is 0 Å². The van der Waals surface area contributed by atoms with Gasteiger partial charge in [0.05, 0.1) is 0 Å². The van der Waals surface area contributed by atoms with E-state index in [1.54, 1.807) is 0 Å². The zero-order valence-corrected chi connectivity index (χ0v) is 9.94. The molecular formula is C5H10Cl3Zr. The summed E-state index contributed by atoms with van der Waals surface area (Å²) in [5.74, 6) is 0. The molecule has 0 spiro atoms. The molecule has 0 nitrogen and oxygen atoms in total. The molecule has 0 aliphatic carbocycles. The van der Waals surface area contributed by atoms with Crippen LogP contribution >= 0.6 is 37.2 Å². The van der Waals surface area contributed by atoms with Gasteiger partial charge in [-0.15, -0.1) is 37.2 Å². The van der Waals surface area contributed by atoms with Crippen LogP contribution in [0.3, 0.4) is 0 Å². The Kier molecular flexibility index (Phi) is 57.0. The van der Waals surface area contributed by atoms with E-state index in [1.165, 1.54) is 24.7 Å². The first-order valence-corrected chi connectivity index (χ1v) is 3.29. The van der Waals surface area contributed by atoms with Crippen LogP contribution in [-0.2, 0) is 24.7 Å². The second-order valence-corrected chi connectivity index (χ2v) is 1.70. The maximum absolute atomic E-state index is 2.09. The molecule has 0 aliphatic heterocycles. The van der Waals surface area contributed by atoms with Gasteiger partial charge in [0.15, 0.2) is 0 Å². The third kappa shape index (κ3) is 27.0. The third-order valence-electron chi connectivity index (χ3n) is 0.400. The van der Waals surface area contributed by atoms with E-state index >= 15 is 0 Å². The Morgan fingerprint density at radius 1 is 1.00 bits per heavy atom. The number of allylic oxidation sites excluding steroid dienone is 3. The second kappa shape index (κ2) is 22.9. The fourth-order valence-electron chi connectivity index (χ4n) is 0.167. The average molecular weight is 268 g/mol. The Morgan fingerprint density at radius 2 is 1.44 bits per heavy atom. The molecule has 4 heteroatoms. The van der Waals surface area contributed by atoms with Crippen molar-refractivity contribution in [3.05, 3.63) is 22.0 Å². The molecule has 55 valence electrons. The predicted octanol–water partition coefficient (Wildman–Crippen LogP) is 2.89. The van der Waals surface area contributed by atoms with Gasteiger partial charge < -0.3 is 0 Å². The Hall–Kier alpha value is 1.23. The summed E-state index contributed by atoms with van der Waals surface area (Å²) >= 11 is 1.46. The number of hydrogen-bond donors (Lipinski definition) is 0. The van der Waals surface area contributed by atoms with Gasteiger partial charge in [-0.2, -0.15) is 0 Å². The number of rotatable bonds is 1. The van der Waals surface area contributed by atoms with E-state index in [0.717, 1.165) is 0 Å². The summed E-state index contributed by atoms with van der Waals surface area (Å²) in [5.41, 5.74) is 0. The van der Waals surface area contributed by atoms with Crippen LogP contribution in [0.25, 0.3) is 0 Å². The zero-order valence-electron chi connectivity index (χ0n) is 5.03. The molecule has 0 fully saturated rings. The summed E-state index contributed by atoms with van der Waals surface area (Å²) < 4.78 is 2.09. The summed E-state index contributed by atoms with van der Waals surface area (Å²) in [6, 6.07) is 0. The van der Waals surface area contributed by atoms with Crippen LogP contribution in [0.15, 0.2) is 22.0 Å². The Balaban J connectivity index is -0.0000000417. The average Bonchev–Trinajstić information content (AvgIpc) is 1.61. The summed E-state index contributed by atoms with van der Waals surface area (Å²) in [6.45, 7) is 2.01. The van der Waals surface area contributed by atoms with Gasteiger partial charge in [-0.1, -0.05) is 0 Å². The van der Waals surface area contributed by atoms with Crippen molar-refractivity contribution < 1.29 is 24.7 Å². The normalized spacial score (nSPS) is 7.56. The van der Waals surface area contributed by atoms with Gasteiger partial charge in [-0.3, -0.25) is 0 Å². The molecule has 0 N–H and O–H groups in total. The van der Waals surface area contributed by atoms with Crippen molar-refractivity contribution in [2.75, 3.05) is 0 Å². The van der Waals surface area contributed by atoms with Gasteiger partial charge >= 0.3 is 53.7 Å². The smallest absolute Gasteiger partial charge is 0.147 e. The zero-order chi connectivity index (χ0) is 4.83. The molecule has 0 amide bonds. The summed E-state index contributed by atoms with van der Waals surface area (Å²) in [7, 11) is 0. The first-order chi connectivity index (χ1) is 2.91.